The summed E-state index contributed by atoms with van der Waals surface area (Å²) in [6.07, 6.45) is 0.774. The Morgan fingerprint density at radius 2 is 1.71 bits per heavy atom. The summed E-state index contributed by atoms with van der Waals surface area (Å²) in [6, 6.07) is 18.3. The van der Waals surface area contributed by atoms with E-state index in [-0.39, 0.29) is 5.69 Å². The summed E-state index contributed by atoms with van der Waals surface area (Å²) in [5.41, 5.74) is 2.91. The second kappa shape index (κ2) is 5.39. The van der Waals surface area contributed by atoms with E-state index in [1.54, 1.807) is 24.3 Å². The number of nitrogens with zero attached hydrogens (tertiary/aromatic N) is 4. The van der Waals surface area contributed by atoms with Gasteiger partial charge in [-0.3, -0.25) is 4.79 Å². The highest BCUT2D eigenvalue weighted by Gasteiger charge is 2.13. The molecule has 0 unspecified atom stereocenters. The third-order valence-corrected chi connectivity index (χ3v) is 3.03. The van der Waals surface area contributed by atoms with E-state index >= 15 is 0 Å². The van der Waals surface area contributed by atoms with Gasteiger partial charge in [-0.2, -0.15) is 5.26 Å². The molecule has 0 aliphatic rings. The average molecular weight is 274 g/mol. The van der Waals surface area contributed by atoms with Gasteiger partial charge in [-0.25, -0.2) is 0 Å². The van der Waals surface area contributed by atoms with Gasteiger partial charge in [-0.1, -0.05) is 30.3 Å². The summed E-state index contributed by atoms with van der Waals surface area (Å²) in [5, 5.41) is 17.8. The number of benzene rings is 2. The molecule has 0 radical (unpaired) electrons. The summed E-state index contributed by atoms with van der Waals surface area (Å²) in [7, 11) is 0. The van der Waals surface area contributed by atoms with E-state index in [0.29, 0.717) is 16.9 Å². The molecule has 0 saturated heterocycles. The Morgan fingerprint density at radius 1 is 1.00 bits per heavy atom. The van der Waals surface area contributed by atoms with Gasteiger partial charge in [-0.15, -0.1) is 15.0 Å². The Kier molecular flexibility index (Phi) is 3.27. The van der Waals surface area contributed by atoms with Crippen LogP contribution in [-0.2, 0) is 0 Å². The third-order valence-electron chi connectivity index (χ3n) is 3.03. The smallest absolute Gasteiger partial charge is 0.191 e. The van der Waals surface area contributed by atoms with E-state index in [1.807, 2.05) is 30.3 Å². The molecule has 21 heavy (non-hydrogen) atoms. The van der Waals surface area contributed by atoms with Crippen LogP contribution in [0.1, 0.15) is 16.1 Å². The van der Waals surface area contributed by atoms with Crippen molar-refractivity contribution in [2.45, 2.75) is 0 Å². The molecule has 0 aliphatic heterocycles. The van der Waals surface area contributed by atoms with Gasteiger partial charge in [0.15, 0.2) is 5.69 Å². The van der Waals surface area contributed by atoms with Crippen LogP contribution in [-0.4, -0.2) is 21.3 Å². The number of hydrogen-bond acceptors (Lipinski definition) is 4. The second-order valence-corrected chi connectivity index (χ2v) is 4.37. The maximum Gasteiger partial charge on any atom is 0.191 e. The van der Waals surface area contributed by atoms with Gasteiger partial charge in [0.2, 0.25) is 0 Å². The molecular weight excluding hydrogens is 264 g/mol. The lowest BCUT2D eigenvalue weighted by Crippen LogP contribution is -1.99. The highest BCUT2D eigenvalue weighted by molar-refractivity contribution is 5.75. The number of aromatic nitrogens is 3. The molecule has 0 atom stereocenters. The van der Waals surface area contributed by atoms with Gasteiger partial charge >= 0.3 is 0 Å². The fourth-order valence-corrected chi connectivity index (χ4v) is 1.97. The molecule has 100 valence electrons. The summed E-state index contributed by atoms with van der Waals surface area (Å²) in [4.78, 5) is 12.1. The van der Waals surface area contributed by atoms with Crippen molar-refractivity contribution in [2.75, 3.05) is 0 Å². The van der Waals surface area contributed by atoms with Crippen LogP contribution in [0.15, 0.2) is 54.6 Å². The van der Waals surface area contributed by atoms with Crippen molar-refractivity contribution < 1.29 is 4.79 Å². The quantitative estimate of drug-likeness (QED) is 0.688. The second-order valence-electron chi connectivity index (χ2n) is 4.37. The Bertz CT molecular complexity index is 814. The Balaban J connectivity index is 2.07. The van der Waals surface area contributed by atoms with E-state index < -0.39 is 0 Å². The van der Waals surface area contributed by atoms with Gasteiger partial charge in [-0.05, 0) is 24.3 Å². The zero-order valence-corrected chi connectivity index (χ0v) is 11.0. The van der Waals surface area contributed by atoms with Crippen LogP contribution in [0.5, 0.6) is 0 Å². The number of aldehydes is 1. The van der Waals surface area contributed by atoms with Crippen LogP contribution >= 0.6 is 0 Å². The standard InChI is InChI=1S/C16H10N4O/c17-10-15-16(13-4-2-1-3-5-13)19-20(18-15)14-8-6-12(11-21)7-9-14/h1-9,11H. The van der Waals surface area contributed by atoms with E-state index in [2.05, 4.69) is 16.3 Å². The molecule has 3 rings (SSSR count). The predicted octanol–water partition coefficient (Wildman–Crippen LogP) is 2.62. The number of rotatable bonds is 3. The topological polar surface area (TPSA) is 71.6 Å². The predicted molar refractivity (Wildman–Crippen MR) is 76.9 cm³/mol. The van der Waals surface area contributed by atoms with Crippen LogP contribution in [0.2, 0.25) is 0 Å². The van der Waals surface area contributed by atoms with E-state index in [1.165, 1.54) is 4.80 Å². The van der Waals surface area contributed by atoms with Crippen molar-refractivity contribution in [1.29, 1.82) is 5.26 Å². The normalized spacial score (nSPS) is 10.0. The maximum absolute atomic E-state index is 10.7. The Labute approximate surface area is 121 Å². The molecular formula is C16H10N4O. The lowest BCUT2D eigenvalue weighted by molar-refractivity contribution is 0.112. The minimum Gasteiger partial charge on any atom is -0.298 e. The first kappa shape index (κ1) is 12.8. The summed E-state index contributed by atoms with van der Waals surface area (Å²) in [6.45, 7) is 0. The third kappa shape index (κ3) is 2.42. The molecule has 0 spiro atoms. The highest BCUT2D eigenvalue weighted by atomic mass is 16.1. The first-order valence-corrected chi connectivity index (χ1v) is 6.30. The lowest BCUT2D eigenvalue weighted by Gasteiger charge is -1.99. The van der Waals surface area contributed by atoms with E-state index in [4.69, 9.17) is 0 Å². The molecule has 0 bridgehead atoms. The van der Waals surface area contributed by atoms with Crippen molar-refractivity contribution in [3.8, 4) is 23.0 Å². The molecule has 1 aromatic heterocycles. The van der Waals surface area contributed by atoms with Crippen molar-refractivity contribution in [3.63, 3.8) is 0 Å². The minimum absolute atomic E-state index is 0.265. The molecule has 0 N–H and O–H groups in total. The molecule has 2 aromatic carbocycles. The molecule has 0 saturated carbocycles. The minimum atomic E-state index is 0.265. The zero-order chi connectivity index (χ0) is 14.7. The zero-order valence-electron chi connectivity index (χ0n) is 11.0. The first-order valence-electron chi connectivity index (χ1n) is 6.30. The molecule has 0 fully saturated rings. The highest BCUT2D eigenvalue weighted by Crippen LogP contribution is 2.20. The van der Waals surface area contributed by atoms with Crippen LogP contribution in [0.4, 0.5) is 0 Å². The number of carbonyl (C=O) groups excluding carboxylic acids is 1. The lowest BCUT2D eigenvalue weighted by atomic mass is 10.1. The summed E-state index contributed by atoms with van der Waals surface area (Å²) < 4.78 is 0. The van der Waals surface area contributed by atoms with Crippen molar-refractivity contribution in [3.05, 3.63) is 65.9 Å². The molecule has 0 amide bonds. The van der Waals surface area contributed by atoms with Crippen molar-refractivity contribution >= 4 is 6.29 Å². The number of carbonyl (C=O) groups is 1. The van der Waals surface area contributed by atoms with Gasteiger partial charge in [0, 0.05) is 11.1 Å². The monoisotopic (exact) mass is 274 g/mol. The van der Waals surface area contributed by atoms with Crippen LogP contribution < -0.4 is 0 Å². The van der Waals surface area contributed by atoms with E-state index in [9.17, 15) is 10.1 Å². The Hall–Kier alpha value is -3.26. The summed E-state index contributed by atoms with van der Waals surface area (Å²) >= 11 is 0. The Morgan fingerprint density at radius 3 is 2.33 bits per heavy atom. The van der Waals surface area contributed by atoms with Crippen LogP contribution in [0, 0.1) is 11.3 Å². The fraction of sp³-hybridized carbons (Fsp3) is 0. The van der Waals surface area contributed by atoms with Crippen molar-refractivity contribution in [1.82, 2.24) is 15.0 Å². The van der Waals surface area contributed by atoms with Gasteiger partial charge in [0.25, 0.3) is 0 Å². The van der Waals surface area contributed by atoms with Gasteiger partial charge in [0.05, 0.1) is 5.69 Å². The summed E-state index contributed by atoms with van der Waals surface area (Å²) in [5.74, 6) is 0. The molecule has 1 heterocycles. The molecule has 3 aromatic rings. The van der Waals surface area contributed by atoms with Crippen LogP contribution in [0.25, 0.3) is 16.9 Å². The molecule has 0 aliphatic carbocycles. The molecule has 5 heteroatoms. The SMILES string of the molecule is N#Cc1nn(-c2ccc(C=O)cc2)nc1-c1ccccc1. The van der Waals surface area contributed by atoms with Gasteiger partial charge in [0.1, 0.15) is 18.0 Å². The van der Waals surface area contributed by atoms with E-state index in [0.717, 1.165) is 11.8 Å². The van der Waals surface area contributed by atoms with Gasteiger partial charge < -0.3 is 0 Å². The maximum atomic E-state index is 10.7. The fourth-order valence-electron chi connectivity index (χ4n) is 1.97. The average Bonchev–Trinajstić information content (AvgIpc) is 3.00. The van der Waals surface area contributed by atoms with Crippen molar-refractivity contribution in [2.24, 2.45) is 0 Å². The largest absolute Gasteiger partial charge is 0.298 e. The number of hydrogen-bond donors (Lipinski definition) is 0. The van der Waals surface area contributed by atoms with Crippen LogP contribution in [0.3, 0.4) is 0 Å². The first-order chi connectivity index (χ1) is 10.3. The number of nitriles is 1. The molecule has 5 nitrogen and oxygen atoms in total.